The van der Waals surface area contributed by atoms with Gasteiger partial charge in [-0.05, 0) is 47.9 Å². The molecule has 0 radical (unpaired) electrons. The summed E-state index contributed by atoms with van der Waals surface area (Å²) in [5, 5.41) is 5.43. The smallest absolute Gasteiger partial charge is 0.338 e. The van der Waals surface area contributed by atoms with Gasteiger partial charge in [0, 0.05) is 5.70 Å². The van der Waals surface area contributed by atoms with E-state index in [9.17, 15) is 14.0 Å². The van der Waals surface area contributed by atoms with Crippen molar-refractivity contribution < 1.29 is 23.5 Å². The number of carbonyl (C=O) groups excluding carboxylic acids is 2. The van der Waals surface area contributed by atoms with Crippen molar-refractivity contribution in [2.24, 2.45) is 0 Å². The van der Waals surface area contributed by atoms with E-state index in [0.29, 0.717) is 22.6 Å². The standard InChI is InChI=1S/C26H23FN2O4/c1-17-23(25(30)33-16-18-6-3-2-4-7-18)24(29-26(31)28-17)20-8-5-9-22(14-20)32-15-19-10-12-21(27)13-11-19/h2-14,24H,15-16H2,1H3,(H2,28,29,31). The molecule has 0 bridgehead atoms. The quantitative estimate of drug-likeness (QED) is 0.513. The monoisotopic (exact) mass is 446 g/mol. The van der Waals surface area contributed by atoms with Gasteiger partial charge in [-0.3, -0.25) is 0 Å². The van der Waals surface area contributed by atoms with Crippen molar-refractivity contribution in [2.75, 3.05) is 0 Å². The number of amides is 2. The van der Waals surface area contributed by atoms with Crippen LogP contribution >= 0.6 is 0 Å². The summed E-state index contributed by atoms with van der Waals surface area (Å²) < 4.78 is 24.5. The number of hydrogen-bond acceptors (Lipinski definition) is 4. The first-order valence-corrected chi connectivity index (χ1v) is 10.5. The summed E-state index contributed by atoms with van der Waals surface area (Å²) in [5.41, 5.74) is 3.11. The van der Waals surface area contributed by atoms with E-state index in [-0.39, 0.29) is 19.0 Å². The number of hydrogen-bond donors (Lipinski definition) is 2. The molecule has 3 aromatic carbocycles. The maximum atomic E-state index is 13.1. The molecule has 4 rings (SSSR count). The van der Waals surface area contributed by atoms with Gasteiger partial charge >= 0.3 is 12.0 Å². The first kappa shape index (κ1) is 22.1. The molecule has 0 spiro atoms. The van der Waals surface area contributed by atoms with Gasteiger partial charge in [-0.1, -0.05) is 54.6 Å². The number of urea groups is 1. The van der Waals surface area contributed by atoms with Crippen LogP contribution in [0.5, 0.6) is 5.75 Å². The highest BCUT2D eigenvalue weighted by Gasteiger charge is 2.32. The molecule has 1 atom stereocenters. The van der Waals surface area contributed by atoms with Crippen molar-refractivity contribution >= 4 is 12.0 Å². The largest absolute Gasteiger partial charge is 0.489 e. The highest BCUT2D eigenvalue weighted by molar-refractivity contribution is 5.95. The van der Waals surface area contributed by atoms with Gasteiger partial charge in [-0.2, -0.15) is 0 Å². The van der Waals surface area contributed by atoms with Crippen LogP contribution in [-0.4, -0.2) is 12.0 Å². The first-order valence-electron chi connectivity index (χ1n) is 10.5. The maximum absolute atomic E-state index is 13.1. The summed E-state index contributed by atoms with van der Waals surface area (Å²) in [6, 6.07) is 21.4. The predicted molar refractivity (Wildman–Crippen MR) is 121 cm³/mol. The number of benzene rings is 3. The molecule has 33 heavy (non-hydrogen) atoms. The minimum Gasteiger partial charge on any atom is -0.489 e. The number of allylic oxidation sites excluding steroid dienone is 1. The molecule has 0 saturated heterocycles. The minimum absolute atomic E-state index is 0.123. The maximum Gasteiger partial charge on any atom is 0.338 e. The average Bonchev–Trinajstić information content (AvgIpc) is 2.82. The zero-order valence-electron chi connectivity index (χ0n) is 18.0. The summed E-state index contributed by atoms with van der Waals surface area (Å²) in [4.78, 5) is 25.1. The molecule has 3 aromatic rings. The van der Waals surface area contributed by atoms with Crippen molar-refractivity contribution in [3.05, 3.63) is 113 Å². The molecule has 168 valence electrons. The van der Waals surface area contributed by atoms with Gasteiger partial charge in [0.1, 0.15) is 24.8 Å². The molecule has 0 aliphatic carbocycles. The topological polar surface area (TPSA) is 76.7 Å². The number of carbonyl (C=O) groups is 2. The van der Waals surface area contributed by atoms with Gasteiger partial charge < -0.3 is 20.1 Å². The van der Waals surface area contributed by atoms with Crippen LogP contribution in [0.15, 0.2) is 90.1 Å². The third-order valence-electron chi connectivity index (χ3n) is 5.21. The summed E-state index contributed by atoms with van der Waals surface area (Å²) in [6.07, 6.45) is 0. The minimum atomic E-state index is -0.698. The molecule has 2 amide bonds. The van der Waals surface area contributed by atoms with Crippen LogP contribution in [0.25, 0.3) is 0 Å². The van der Waals surface area contributed by atoms with E-state index in [2.05, 4.69) is 10.6 Å². The molecule has 2 N–H and O–H groups in total. The SMILES string of the molecule is CC1=C(C(=O)OCc2ccccc2)C(c2cccc(OCc3ccc(F)cc3)c2)NC(=O)N1. The fraction of sp³-hybridized carbons (Fsp3) is 0.154. The van der Waals surface area contributed by atoms with E-state index in [1.165, 1.54) is 12.1 Å². The number of rotatable bonds is 7. The molecule has 6 nitrogen and oxygen atoms in total. The third-order valence-corrected chi connectivity index (χ3v) is 5.21. The predicted octanol–water partition coefficient (Wildman–Crippen LogP) is 4.78. The molecule has 0 fully saturated rings. The second-order valence-corrected chi connectivity index (χ2v) is 7.62. The van der Waals surface area contributed by atoms with Crippen LogP contribution < -0.4 is 15.4 Å². The van der Waals surface area contributed by atoms with Crippen molar-refractivity contribution in [1.29, 1.82) is 0 Å². The number of nitrogens with one attached hydrogen (secondary N) is 2. The number of esters is 1. The molecule has 7 heteroatoms. The zero-order chi connectivity index (χ0) is 23.2. The van der Waals surface area contributed by atoms with E-state index in [1.54, 1.807) is 43.3 Å². The number of halogens is 1. The van der Waals surface area contributed by atoms with E-state index >= 15 is 0 Å². The van der Waals surface area contributed by atoms with Crippen molar-refractivity contribution in [3.63, 3.8) is 0 Å². The Balaban J connectivity index is 1.52. The zero-order valence-corrected chi connectivity index (χ0v) is 18.0. The van der Waals surface area contributed by atoms with E-state index in [1.807, 2.05) is 30.3 Å². The summed E-state index contributed by atoms with van der Waals surface area (Å²) in [5.74, 6) is -0.276. The average molecular weight is 446 g/mol. The van der Waals surface area contributed by atoms with Gasteiger partial charge in [0.25, 0.3) is 0 Å². The van der Waals surface area contributed by atoms with Crippen molar-refractivity contribution in [3.8, 4) is 5.75 Å². The Morgan fingerprint density at radius 2 is 1.67 bits per heavy atom. The van der Waals surface area contributed by atoms with Gasteiger partial charge in [-0.15, -0.1) is 0 Å². The summed E-state index contributed by atoms with van der Waals surface area (Å²) >= 11 is 0. The molecule has 0 aromatic heterocycles. The summed E-state index contributed by atoms with van der Waals surface area (Å²) in [7, 11) is 0. The number of ether oxygens (including phenoxy) is 2. The van der Waals surface area contributed by atoms with Crippen LogP contribution in [0.1, 0.15) is 29.7 Å². The molecule has 1 unspecified atom stereocenters. The van der Waals surface area contributed by atoms with Crippen LogP contribution in [0.2, 0.25) is 0 Å². The normalized spacial score (nSPS) is 15.5. The van der Waals surface area contributed by atoms with Crippen LogP contribution in [0, 0.1) is 5.82 Å². The molecule has 1 aliphatic heterocycles. The second-order valence-electron chi connectivity index (χ2n) is 7.62. The van der Waals surface area contributed by atoms with E-state index < -0.39 is 18.0 Å². The van der Waals surface area contributed by atoms with Crippen LogP contribution in [0.4, 0.5) is 9.18 Å². The Bertz CT molecular complexity index is 1180. The Labute approximate surface area is 191 Å². The Morgan fingerprint density at radius 3 is 2.42 bits per heavy atom. The molecule has 1 heterocycles. The van der Waals surface area contributed by atoms with Crippen LogP contribution in [-0.2, 0) is 22.7 Å². The van der Waals surface area contributed by atoms with E-state index in [0.717, 1.165) is 11.1 Å². The molecular formula is C26H23FN2O4. The molecular weight excluding hydrogens is 423 g/mol. The van der Waals surface area contributed by atoms with Gasteiger partial charge in [-0.25, -0.2) is 14.0 Å². The molecule has 0 saturated carbocycles. The fourth-order valence-corrected chi connectivity index (χ4v) is 3.55. The Hall–Kier alpha value is -4.13. The lowest BCUT2D eigenvalue weighted by Gasteiger charge is -2.28. The highest BCUT2D eigenvalue weighted by Crippen LogP contribution is 2.30. The van der Waals surface area contributed by atoms with Gasteiger partial charge in [0.2, 0.25) is 0 Å². The lowest BCUT2D eigenvalue weighted by Crippen LogP contribution is -2.45. The lowest BCUT2D eigenvalue weighted by atomic mass is 9.95. The van der Waals surface area contributed by atoms with Crippen LogP contribution in [0.3, 0.4) is 0 Å². The Kier molecular flexibility index (Phi) is 6.69. The first-order chi connectivity index (χ1) is 16.0. The second kappa shape index (κ2) is 9.99. The Morgan fingerprint density at radius 1 is 0.939 bits per heavy atom. The fourth-order valence-electron chi connectivity index (χ4n) is 3.55. The molecule has 1 aliphatic rings. The van der Waals surface area contributed by atoms with Crippen molar-refractivity contribution in [1.82, 2.24) is 10.6 Å². The lowest BCUT2D eigenvalue weighted by molar-refractivity contribution is -0.140. The highest BCUT2D eigenvalue weighted by atomic mass is 19.1. The van der Waals surface area contributed by atoms with Gasteiger partial charge in [0.15, 0.2) is 0 Å². The van der Waals surface area contributed by atoms with E-state index in [4.69, 9.17) is 9.47 Å². The van der Waals surface area contributed by atoms with Gasteiger partial charge in [0.05, 0.1) is 11.6 Å². The van der Waals surface area contributed by atoms with Crippen molar-refractivity contribution in [2.45, 2.75) is 26.2 Å². The summed E-state index contributed by atoms with van der Waals surface area (Å²) in [6.45, 7) is 2.04. The third kappa shape index (κ3) is 5.57.